The van der Waals surface area contributed by atoms with E-state index in [9.17, 15) is 14.4 Å². The van der Waals surface area contributed by atoms with Gasteiger partial charge < -0.3 is 10.6 Å². The first kappa shape index (κ1) is 15.9. The zero-order valence-electron chi connectivity index (χ0n) is 13.5. The number of hydrogen-bond acceptors (Lipinski definition) is 4. The molecule has 124 valence electrons. The highest BCUT2D eigenvalue weighted by molar-refractivity contribution is 6.08. The predicted octanol–water partition coefficient (Wildman–Crippen LogP) is 1.18. The van der Waals surface area contributed by atoms with Crippen molar-refractivity contribution >= 4 is 28.7 Å². The highest BCUT2D eigenvalue weighted by atomic mass is 16.2. The number of aromatic nitrogens is 1. The van der Waals surface area contributed by atoms with Gasteiger partial charge in [-0.25, -0.2) is 4.79 Å². The van der Waals surface area contributed by atoms with E-state index in [0.717, 1.165) is 15.8 Å². The highest BCUT2D eigenvalue weighted by Gasteiger charge is 2.44. The molecule has 7 heteroatoms. The van der Waals surface area contributed by atoms with Crippen LogP contribution in [0.25, 0.3) is 10.9 Å². The maximum Gasteiger partial charge on any atom is 0.325 e. The van der Waals surface area contributed by atoms with E-state index in [2.05, 4.69) is 15.6 Å². The van der Waals surface area contributed by atoms with Crippen LogP contribution in [-0.2, 0) is 16.1 Å². The molecule has 1 aliphatic rings. The minimum absolute atomic E-state index is 0.233. The van der Waals surface area contributed by atoms with Crippen LogP contribution in [0.1, 0.15) is 19.5 Å². The molecule has 24 heavy (non-hydrogen) atoms. The summed E-state index contributed by atoms with van der Waals surface area (Å²) in [7, 11) is 0. The lowest BCUT2D eigenvalue weighted by Crippen LogP contribution is -2.43. The number of nitrogens with one attached hydrogen (secondary N) is 2. The van der Waals surface area contributed by atoms with Crippen LogP contribution < -0.4 is 10.6 Å². The molecule has 0 unspecified atom stereocenters. The van der Waals surface area contributed by atoms with Crippen LogP contribution >= 0.6 is 0 Å². The number of amides is 4. The van der Waals surface area contributed by atoms with Gasteiger partial charge in [-0.1, -0.05) is 24.3 Å². The number of pyridine rings is 1. The molecule has 2 aromatic rings. The topological polar surface area (TPSA) is 91.4 Å². The van der Waals surface area contributed by atoms with Gasteiger partial charge in [-0.2, -0.15) is 0 Å². The molecule has 3 rings (SSSR count). The molecule has 4 amide bonds. The largest absolute Gasteiger partial charge is 0.349 e. The zero-order chi connectivity index (χ0) is 17.3. The number of carbonyl (C=O) groups excluding carboxylic acids is 3. The first-order valence-electron chi connectivity index (χ1n) is 7.62. The van der Waals surface area contributed by atoms with Crippen molar-refractivity contribution in [1.82, 2.24) is 20.5 Å². The van der Waals surface area contributed by atoms with Gasteiger partial charge in [0.15, 0.2) is 0 Å². The Balaban J connectivity index is 1.61. The zero-order valence-corrected chi connectivity index (χ0v) is 13.5. The third kappa shape index (κ3) is 3.05. The van der Waals surface area contributed by atoms with Gasteiger partial charge in [0.05, 0.1) is 17.8 Å². The molecule has 0 atom stereocenters. The summed E-state index contributed by atoms with van der Waals surface area (Å²) < 4.78 is 0. The Morgan fingerprint density at radius 2 is 1.96 bits per heavy atom. The number of imide groups is 1. The molecule has 0 radical (unpaired) electrons. The number of hydrogen-bond donors (Lipinski definition) is 2. The van der Waals surface area contributed by atoms with Gasteiger partial charge in [0.1, 0.15) is 12.1 Å². The summed E-state index contributed by atoms with van der Waals surface area (Å²) in [6.45, 7) is 3.13. The minimum atomic E-state index is -0.975. The number of rotatable bonds is 4. The Morgan fingerprint density at radius 1 is 1.21 bits per heavy atom. The van der Waals surface area contributed by atoms with E-state index in [4.69, 9.17) is 0 Å². The maximum absolute atomic E-state index is 12.0. The van der Waals surface area contributed by atoms with Crippen LogP contribution in [0.2, 0.25) is 0 Å². The number of benzene rings is 1. The van der Waals surface area contributed by atoms with Crippen LogP contribution in [0.3, 0.4) is 0 Å². The van der Waals surface area contributed by atoms with Crippen molar-refractivity contribution in [3.05, 3.63) is 42.1 Å². The van der Waals surface area contributed by atoms with Crippen molar-refractivity contribution in [2.24, 2.45) is 0 Å². The van der Waals surface area contributed by atoms with Crippen LogP contribution in [0, 0.1) is 0 Å². The van der Waals surface area contributed by atoms with E-state index in [1.165, 1.54) is 0 Å². The molecule has 0 saturated carbocycles. The summed E-state index contributed by atoms with van der Waals surface area (Å²) in [5.41, 5.74) is 0.580. The lowest BCUT2D eigenvalue weighted by Gasteiger charge is -2.15. The van der Waals surface area contributed by atoms with Crippen molar-refractivity contribution in [1.29, 1.82) is 0 Å². The van der Waals surface area contributed by atoms with Crippen molar-refractivity contribution in [3.63, 3.8) is 0 Å². The van der Waals surface area contributed by atoms with Gasteiger partial charge in [0.25, 0.3) is 5.91 Å². The average molecular weight is 326 g/mol. The lowest BCUT2D eigenvalue weighted by molar-refractivity contribution is -0.134. The van der Waals surface area contributed by atoms with Gasteiger partial charge in [-0.05, 0) is 26.0 Å². The van der Waals surface area contributed by atoms with Crippen molar-refractivity contribution < 1.29 is 14.4 Å². The second-order valence-corrected chi connectivity index (χ2v) is 6.22. The second-order valence-electron chi connectivity index (χ2n) is 6.22. The van der Waals surface area contributed by atoms with E-state index in [0.29, 0.717) is 5.69 Å². The minimum Gasteiger partial charge on any atom is -0.349 e. The van der Waals surface area contributed by atoms with Gasteiger partial charge >= 0.3 is 6.03 Å². The maximum atomic E-state index is 12.0. The first-order valence-corrected chi connectivity index (χ1v) is 7.62. The number of fused-ring (bicyclic) bond motifs is 1. The molecule has 1 aromatic carbocycles. The highest BCUT2D eigenvalue weighted by Crippen LogP contribution is 2.16. The fraction of sp³-hybridized carbons (Fsp3) is 0.294. The Bertz CT molecular complexity index is 831. The normalized spacial score (nSPS) is 16.3. The molecule has 1 saturated heterocycles. The SMILES string of the molecule is CC1(C)NC(=O)N(CC(=O)NCc2ccc3ccccc3n2)C1=O. The van der Waals surface area contributed by atoms with E-state index < -0.39 is 23.4 Å². The van der Waals surface area contributed by atoms with Crippen molar-refractivity contribution in [3.8, 4) is 0 Å². The fourth-order valence-electron chi connectivity index (χ4n) is 2.56. The molecular weight excluding hydrogens is 308 g/mol. The monoisotopic (exact) mass is 326 g/mol. The van der Waals surface area contributed by atoms with Gasteiger partial charge in [-0.3, -0.25) is 19.5 Å². The number of para-hydroxylation sites is 1. The summed E-state index contributed by atoms with van der Waals surface area (Å²) in [6, 6.07) is 10.9. The summed E-state index contributed by atoms with van der Waals surface area (Å²) in [5, 5.41) is 6.24. The fourth-order valence-corrected chi connectivity index (χ4v) is 2.56. The number of nitrogens with zero attached hydrogens (tertiary/aromatic N) is 2. The van der Waals surface area contributed by atoms with Crippen LogP contribution in [0.15, 0.2) is 36.4 Å². The van der Waals surface area contributed by atoms with E-state index in [-0.39, 0.29) is 13.1 Å². The summed E-state index contributed by atoms with van der Waals surface area (Å²) in [5.74, 6) is -0.822. The Labute approximate surface area is 139 Å². The molecular formula is C17H18N4O3. The predicted molar refractivity (Wildman–Crippen MR) is 87.9 cm³/mol. The summed E-state index contributed by atoms with van der Waals surface area (Å²) in [4.78, 5) is 41.2. The van der Waals surface area contributed by atoms with Crippen molar-refractivity contribution in [2.75, 3.05) is 6.54 Å². The lowest BCUT2D eigenvalue weighted by atomic mass is 10.1. The van der Waals surface area contributed by atoms with Crippen LogP contribution in [0.5, 0.6) is 0 Å². The van der Waals surface area contributed by atoms with Gasteiger partial charge in [0.2, 0.25) is 5.91 Å². The Kier molecular flexibility index (Phi) is 3.92. The van der Waals surface area contributed by atoms with E-state index >= 15 is 0 Å². The Morgan fingerprint density at radius 3 is 2.67 bits per heavy atom. The second kappa shape index (κ2) is 5.92. The molecule has 2 heterocycles. The smallest absolute Gasteiger partial charge is 0.325 e. The van der Waals surface area contributed by atoms with E-state index in [1.54, 1.807) is 13.8 Å². The van der Waals surface area contributed by atoms with Crippen LogP contribution in [-0.4, -0.2) is 39.8 Å². The van der Waals surface area contributed by atoms with Crippen LogP contribution in [0.4, 0.5) is 4.79 Å². The number of urea groups is 1. The third-order valence-corrected chi connectivity index (χ3v) is 3.87. The summed E-state index contributed by atoms with van der Waals surface area (Å²) in [6.07, 6.45) is 0. The molecule has 2 N–H and O–H groups in total. The molecule has 1 aliphatic heterocycles. The average Bonchev–Trinajstić information content (AvgIpc) is 2.74. The third-order valence-electron chi connectivity index (χ3n) is 3.87. The van der Waals surface area contributed by atoms with Crippen molar-refractivity contribution in [2.45, 2.75) is 25.9 Å². The van der Waals surface area contributed by atoms with E-state index in [1.807, 2.05) is 36.4 Å². The molecule has 7 nitrogen and oxygen atoms in total. The molecule has 1 aromatic heterocycles. The van der Waals surface area contributed by atoms with Gasteiger partial charge in [-0.15, -0.1) is 0 Å². The first-order chi connectivity index (χ1) is 11.4. The Hall–Kier alpha value is -2.96. The molecule has 0 aliphatic carbocycles. The molecule has 0 bridgehead atoms. The standard InChI is InChI=1S/C17H18N4O3/c1-17(2)15(23)21(16(24)20-17)10-14(22)18-9-12-8-7-11-5-3-4-6-13(11)19-12/h3-8H,9-10H2,1-2H3,(H,18,22)(H,20,24). The molecule has 1 fully saturated rings. The quantitative estimate of drug-likeness (QED) is 0.826. The summed E-state index contributed by atoms with van der Waals surface area (Å²) >= 11 is 0. The number of carbonyl (C=O) groups is 3. The van der Waals surface area contributed by atoms with Gasteiger partial charge in [0, 0.05) is 5.39 Å². The molecule has 0 spiro atoms.